The van der Waals surface area contributed by atoms with Gasteiger partial charge in [-0.3, -0.25) is 9.59 Å². The minimum Gasteiger partial charge on any atom is -0.545 e. The topological polar surface area (TPSA) is 138 Å². The number of thiophene rings is 4. The van der Waals surface area contributed by atoms with E-state index in [2.05, 4.69) is 10.6 Å². The van der Waals surface area contributed by atoms with E-state index in [4.69, 9.17) is 0 Å². The van der Waals surface area contributed by atoms with Crippen LogP contribution in [-0.2, 0) is 9.59 Å². The SMILES string of the molecule is CC(C)(CC(=O)Nc1scc(-c2cccs2)c1C(=O)[O-])CC(=O)Nc1scc(-c2cccs2)c1C(=O)[O-].[Na+].[Na+]. The molecule has 0 bridgehead atoms. The molecule has 39 heavy (non-hydrogen) atoms. The third-order valence-corrected chi connectivity index (χ3v) is 8.94. The van der Waals surface area contributed by atoms with Crippen molar-refractivity contribution in [2.75, 3.05) is 10.6 Å². The second kappa shape index (κ2) is 14.5. The Morgan fingerprint density at radius 1 is 0.718 bits per heavy atom. The van der Waals surface area contributed by atoms with E-state index in [1.165, 1.54) is 22.7 Å². The van der Waals surface area contributed by atoms with Gasteiger partial charge in [0, 0.05) is 55.6 Å². The number of aromatic carboxylic acids is 2. The summed E-state index contributed by atoms with van der Waals surface area (Å²) in [5.41, 5.74) is 0.000847. The number of carbonyl (C=O) groups is 4. The average Bonchev–Trinajstić information content (AvgIpc) is 3.58. The number of carboxylic acid groups (broad SMARTS) is 2. The molecule has 0 saturated carbocycles. The van der Waals surface area contributed by atoms with Crippen LogP contribution in [0.4, 0.5) is 10.0 Å². The van der Waals surface area contributed by atoms with E-state index in [0.29, 0.717) is 11.1 Å². The molecule has 2 amide bonds. The van der Waals surface area contributed by atoms with Crippen LogP contribution in [0, 0.1) is 5.41 Å². The Kier molecular flexibility index (Phi) is 12.6. The minimum atomic E-state index is -1.39. The van der Waals surface area contributed by atoms with Gasteiger partial charge in [-0.2, -0.15) is 0 Å². The molecule has 0 saturated heterocycles. The molecular weight excluding hydrogens is 599 g/mol. The van der Waals surface area contributed by atoms with Crippen LogP contribution in [0.1, 0.15) is 47.4 Å². The monoisotopic (exact) mass is 618 g/mol. The fourth-order valence-corrected chi connectivity index (χ4v) is 7.38. The molecular formula is C25H20N2Na2O6S4. The van der Waals surface area contributed by atoms with E-state index in [9.17, 15) is 29.4 Å². The quantitative estimate of drug-likeness (QED) is 0.205. The van der Waals surface area contributed by atoms with Crippen LogP contribution in [0.5, 0.6) is 0 Å². The number of carboxylic acids is 2. The zero-order chi connectivity index (χ0) is 26.7. The molecule has 0 aromatic carbocycles. The summed E-state index contributed by atoms with van der Waals surface area (Å²) in [6, 6.07) is 7.18. The number of hydrogen-bond donors (Lipinski definition) is 2. The van der Waals surface area contributed by atoms with Crippen molar-refractivity contribution < 1.29 is 88.5 Å². The number of amides is 2. The molecule has 4 aromatic heterocycles. The summed E-state index contributed by atoms with van der Waals surface area (Å²) in [5.74, 6) is -3.68. The molecule has 0 atom stereocenters. The third-order valence-electron chi connectivity index (χ3n) is 5.35. The van der Waals surface area contributed by atoms with Gasteiger partial charge in [-0.05, 0) is 28.3 Å². The summed E-state index contributed by atoms with van der Waals surface area (Å²) in [4.78, 5) is 50.6. The first-order valence-electron chi connectivity index (χ1n) is 10.9. The summed E-state index contributed by atoms with van der Waals surface area (Å²) in [6.07, 6.45) is -0.144. The predicted octanol–water partition coefficient (Wildman–Crippen LogP) is -1.61. The Morgan fingerprint density at radius 2 is 1.10 bits per heavy atom. The predicted molar refractivity (Wildman–Crippen MR) is 144 cm³/mol. The van der Waals surface area contributed by atoms with E-state index in [1.54, 1.807) is 48.9 Å². The van der Waals surface area contributed by atoms with Crippen molar-refractivity contribution in [2.45, 2.75) is 26.7 Å². The minimum absolute atomic E-state index is 0. The van der Waals surface area contributed by atoms with Gasteiger partial charge in [0.2, 0.25) is 11.8 Å². The van der Waals surface area contributed by atoms with E-state index in [1.807, 2.05) is 10.8 Å². The van der Waals surface area contributed by atoms with Gasteiger partial charge < -0.3 is 30.4 Å². The molecule has 4 rings (SSSR count). The van der Waals surface area contributed by atoms with Crippen molar-refractivity contribution in [3.63, 3.8) is 0 Å². The van der Waals surface area contributed by atoms with E-state index in [0.717, 1.165) is 32.4 Å². The molecule has 8 nitrogen and oxygen atoms in total. The van der Waals surface area contributed by atoms with Crippen LogP contribution < -0.4 is 80.0 Å². The number of carbonyl (C=O) groups excluding carboxylic acids is 4. The molecule has 2 N–H and O–H groups in total. The fraction of sp³-hybridized carbons (Fsp3) is 0.200. The van der Waals surface area contributed by atoms with Gasteiger partial charge in [-0.15, -0.1) is 45.3 Å². The van der Waals surface area contributed by atoms with Crippen molar-refractivity contribution in [3.8, 4) is 20.9 Å². The Balaban J connectivity index is 0.00000267. The summed E-state index contributed by atoms with van der Waals surface area (Å²) < 4.78 is 0. The normalized spacial score (nSPS) is 10.7. The maximum atomic E-state index is 12.8. The first kappa shape index (κ1) is 33.9. The van der Waals surface area contributed by atoms with E-state index in [-0.39, 0.29) is 93.1 Å². The second-order valence-corrected chi connectivity index (χ2v) is 12.5. The van der Waals surface area contributed by atoms with Crippen molar-refractivity contribution in [2.24, 2.45) is 5.41 Å². The Hall–Kier alpha value is -1.32. The van der Waals surface area contributed by atoms with Crippen molar-refractivity contribution in [3.05, 3.63) is 56.9 Å². The Bertz CT molecular complexity index is 1350. The van der Waals surface area contributed by atoms with Gasteiger partial charge in [0.1, 0.15) is 10.0 Å². The Morgan fingerprint density at radius 3 is 1.41 bits per heavy atom. The molecule has 0 aliphatic heterocycles. The molecule has 192 valence electrons. The van der Waals surface area contributed by atoms with Crippen LogP contribution in [0.15, 0.2) is 45.8 Å². The zero-order valence-corrected chi connectivity index (χ0v) is 28.9. The van der Waals surface area contributed by atoms with Gasteiger partial charge in [-0.25, -0.2) is 0 Å². The van der Waals surface area contributed by atoms with Crippen LogP contribution in [0.3, 0.4) is 0 Å². The standard InChI is InChI=1S/C25H22N2O6S4.2Na/c1-25(2,9-17(28)26-21-19(23(30)31)13(11-36-21)15-5-3-7-34-15)10-18(29)27-22-20(24(32)33)14(12-37-22)16-6-4-8-35-16;;/h3-8,11-12H,9-10H2,1-2H3,(H,26,28)(H,27,29)(H,30,31)(H,32,33);;/q;2*+1/p-2. The number of hydrogen-bond acceptors (Lipinski definition) is 10. The maximum absolute atomic E-state index is 12.8. The smallest absolute Gasteiger partial charge is 0.545 e. The molecule has 0 aliphatic carbocycles. The molecule has 0 radical (unpaired) electrons. The first-order chi connectivity index (χ1) is 17.6. The first-order valence-corrected chi connectivity index (χ1v) is 14.4. The van der Waals surface area contributed by atoms with Crippen molar-refractivity contribution in [1.29, 1.82) is 0 Å². The third kappa shape index (κ3) is 8.35. The van der Waals surface area contributed by atoms with Crippen molar-refractivity contribution >= 4 is 79.1 Å². The van der Waals surface area contributed by atoms with Gasteiger partial charge >= 0.3 is 59.1 Å². The van der Waals surface area contributed by atoms with Gasteiger partial charge in [0.25, 0.3) is 0 Å². The zero-order valence-electron chi connectivity index (χ0n) is 21.6. The molecule has 0 unspecified atom stereocenters. The molecule has 0 fully saturated rings. The van der Waals surface area contributed by atoms with Gasteiger partial charge in [0.05, 0.1) is 11.9 Å². The van der Waals surface area contributed by atoms with Crippen LogP contribution in [0.2, 0.25) is 0 Å². The molecule has 0 spiro atoms. The number of anilines is 2. The van der Waals surface area contributed by atoms with Crippen LogP contribution in [0.25, 0.3) is 20.9 Å². The van der Waals surface area contributed by atoms with E-state index >= 15 is 0 Å². The van der Waals surface area contributed by atoms with Crippen LogP contribution in [-0.4, -0.2) is 23.8 Å². The second-order valence-electron chi connectivity index (χ2n) is 8.85. The van der Waals surface area contributed by atoms with Crippen LogP contribution >= 0.6 is 45.3 Å². The van der Waals surface area contributed by atoms with Crippen molar-refractivity contribution in [1.82, 2.24) is 0 Å². The number of nitrogens with one attached hydrogen (secondary N) is 2. The molecule has 14 heteroatoms. The average molecular weight is 619 g/mol. The summed E-state index contributed by atoms with van der Waals surface area (Å²) in [7, 11) is 0. The summed E-state index contributed by atoms with van der Waals surface area (Å²) >= 11 is 4.95. The summed E-state index contributed by atoms with van der Waals surface area (Å²) in [5, 5.41) is 36.2. The van der Waals surface area contributed by atoms with Gasteiger partial charge in [-0.1, -0.05) is 26.0 Å². The molecule has 4 heterocycles. The number of rotatable bonds is 10. The maximum Gasteiger partial charge on any atom is 1.00 e. The van der Waals surface area contributed by atoms with E-state index < -0.39 is 29.2 Å². The van der Waals surface area contributed by atoms with Gasteiger partial charge in [0.15, 0.2) is 0 Å². The largest absolute Gasteiger partial charge is 1.00 e. The Labute approximate surface area is 285 Å². The fourth-order valence-electron chi connectivity index (χ4n) is 3.80. The molecule has 0 aliphatic rings. The molecule has 4 aromatic rings. The summed E-state index contributed by atoms with van der Waals surface area (Å²) in [6.45, 7) is 3.45.